The van der Waals surface area contributed by atoms with Gasteiger partial charge in [0.2, 0.25) is 5.91 Å². The Hall–Kier alpha value is -9.99. The first kappa shape index (κ1) is 142. The number of amides is 5. The molecule has 7 aromatic heterocycles. The summed E-state index contributed by atoms with van der Waals surface area (Å²) < 4.78 is 142. The van der Waals surface area contributed by atoms with Gasteiger partial charge in [0.25, 0.3) is 23.6 Å². The fraction of sp³-hybridized carbons (Fsp3) is 0.477. The van der Waals surface area contributed by atoms with Gasteiger partial charge < -0.3 is 79.1 Å². The molecule has 8 aromatic rings. The molecule has 5 amide bonds. The summed E-state index contributed by atoms with van der Waals surface area (Å²) in [5.41, 5.74) is 20.9. The Labute approximate surface area is 888 Å². The Bertz CT molecular complexity index is 5230. The average molecular weight is 2240 g/mol. The number of thiazole rings is 4. The summed E-state index contributed by atoms with van der Waals surface area (Å²) in [4.78, 5) is 164. The maximum Gasteiger partial charge on any atom is 1.00 e. The molecule has 0 bridgehead atoms. The van der Waals surface area contributed by atoms with Crippen molar-refractivity contribution in [3.63, 3.8) is 0 Å². The van der Waals surface area contributed by atoms with E-state index in [0.29, 0.717) is 60.8 Å². The fourth-order valence-electron chi connectivity index (χ4n) is 7.27. The van der Waals surface area contributed by atoms with E-state index in [-0.39, 0.29) is 125 Å². The number of anilines is 3. The Balaban J connectivity index is -0.000000374. The maximum atomic E-state index is 12.8. The third-order valence-corrected chi connectivity index (χ3v) is 22.7. The molecule has 0 aliphatic carbocycles. The average Bonchev–Trinajstić information content (AvgIpc) is 1.80. The third kappa shape index (κ3) is 58.4. The largest absolute Gasteiger partial charge is 1.00 e. The number of halogens is 14. The minimum Gasteiger partial charge on any atom is -0.870 e. The molecule has 1 aliphatic rings. The van der Waals surface area contributed by atoms with Crippen molar-refractivity contribution in [1.82, 2.24) is 40.0 Å². The Kier molecular flexibility index (Phi) is 63.5. The van der Waals surface area contributed by atoms with E-state index in [1.165, 1.54) is 66.4 Å². The number of pyridine rings is 3. The number of carbonyl (C=O) groups excluding carboxylic acids is 9. The zero-order valence-corrected chi connectivity index (χ0v) is 91.3. The van der Waals surface area contributed by atoms with E-state index in [1.54, 1.807) is 99.7 Å². The van der Waals surface area contributed by atoms with Gasteiger partial charge in [0, 0.05) is 58.5 Å². The predicted molar refractivity (Wildman–Crippen MR) is 536 cm³/mol. The molecule has 1 unspecified atom stereocenters. The number of alkyl halides is 11. The number of hydrogen-bond donors (Lipinski definition) is 10. The van der Waals surface area contributed by atoms with Crippen LogP contribution in [0.1, 0.15) is 261 Å². The number of nitrogens with zero attached hydrogens (tertiary/aromatic N) is 8. The van der Waals surface area contributed by atoms with E-state index in [9.17, 15) is 101 Å². The molecule has 9 rings (SSSR count). The van der Waals surface area contributed by atoms with Crippen LogP contribution in [0.2, 0.25) is 15.1 Å². The standard InChI is InChI=1S/C14H13ClF3N3OS.C13H12ClF3N4OS.C12H11NO5.C10H15NO2S.C8H11NO2S.C6H4ClF3N2.C5H7ClO3.C5H11NO.C5H11NS.C5H10O2.C4H9NO2.CH3F.Li.H2O.H2S/c1-13(2,3)12-20-6-9(23-12)11(22)21-10-4-7(14(16,17)18)8(15)5-19-10;1-12(2,18)11-20-5-8(23-11)10(22)21-9-3-6(13(15,16)17)7(14)4-19-9;14-10-6-7-11(15)13(10)18-12(16)17-8-9-4-2-1-3-5-9;1-5-13-8(12)7-6-11-9(14-7)10(2,3)4;1-8(2,3)7-9-4-5(12-7)6(10)11;7-4-2-12-5(11)1-3(4)6(8,9)10;1-2-9-5(8)4(6)3-7;3*1-5(2,3)4(6)7;1-4(2,5)3(6)7;1-2;;;/h4-6H,1-3H3,(H,19,21,22);3-5H,18H2,1-2H3,(H,19,21,22);1-5H,6-8H2;6H,5H2,1-4H3;4H,1-3H3,(H,10,11);1-2H,(H2,11,12);3-4H,2H2,1H3;2*1-3H3,(H2,6,7);1-3H3,(H,6,7);5H2,1-2H3,(H,6,7);1H3;;2*1H2/q;;;;;;;;;;;;+1;;/p-1/i;;;;;;;;;;;1D;;;. The number of aromatic nitrogens is 7. The Morgan fingerprint density at radius 3 is 1.11 bits per heavy atom. The van der Waals surface area contributed by atoms with E-state index in [4.69, 9.17) is 113 Å². The van der Waals surface area contributed by atoms with Crippen LogP contribution < -0.4 is 58.2 Å². The van der Waals surface area contributed by atoms with Gasteiger partial charge in [0.15, 0.2) is 5.38 Å². The normalized spacial score (nSPS) is 11.9. The first-order valence-corrected chi connectivity index (χ1v) is 45.9. The first-order valence-electron chi connectivity index (χ1n) is 41.3. The van der Waals surface area contributed by atoms with Crippen molar-refractivity contribution in [2.45, 2.75) is 237 Å². The van der Waals surface area contributed by atoms with Crippen LogP contribution in [0, 0.1) is 16.2 Å². The molecule has 1 saturated heterocycles. The summed E-state index contributed by atoms with van der Waals surface area (Å²) in [6.07, 6.45) is -6.09. The van der Waals surface area contributed by atoms with Crippen molar-refractivity contribution in [3.05, 3.63) is 169 Å². The summed E-state index contributed by atoms with van der Waals surface area (Å²) in [6.45, 7) is 44.9. The van der Waals surface area contributed by atoms with Crippen molar-refractivity contribution in [2.24, 2.45) is 39.2 Å². The van der Waals surface area contributed by atoms with Gasteiger partial charge in [-0.1, -0.05) is 186 Å². The number of aliphatic carboxylic acids is 2. The Morgan fingerprint density at radius 1 is 0.528 bits per heavy atom. The number of nitrogen functional groups attached to an aromatic ring is 1. The minimum absolute atomic E-state index is 0. The summed E-state index contributed by atoms with van der Waals surface area (Å²) in [6, 6.07) is 11.1. The number of aldehydes is 1. The number of nitrogens with one attached hydrogen (secondary N) is 2. The molecule has 0 saturated carbocycles. The molecule has 802 valence electrons. The van der Waals surface area contributed by atoms with Crippen molar-refractivity contribution >= 4 is 212 Å². The van der Waals surface area contributed by atoms with Gasteiger partial charge >= 0.3 is 73.4 Å². The van der Waals surface area contributed by atoms with Crippen molar-refractivity contribution in [1.29, 1.82) is 0 Å². The number of carboxylic acid groups (broad SMARTS) is 3. The van der Waals surface area contributed by atoms with Gasteiger partial charge in [-0.2, -0.15) is 53.0 Å². The number of nitrogens with two attached hydrogens (primary N) is 5. The third-order valence-electron chi connectivity index (χ3n) is 15.3. The van der Waals surface area contributed by atoms with E-state index >= 15 is 0 Å². The van der Waals surface area contributed by atoms with E-state index in [0.717, 1.165) is 50.5 Å². The number of primary amides is 1. The maximum absolute atomic E-state index is 12.8. The number of esters is 2. The fourth-order valence-corrected chi connectivity index (χ4v) is 11.3. The molecule has 56 heteroatoms. The van der Waals surface area contributed by atoms with Crippen LogP contribution >= 0.6 is 117 Å². The number of carboxylic acids is 3. The molecule has 1 aromatic carbocycles. The van der Waals surface area contributed by atoms with Crippen LogP contribution in [0.4, 0.5) is 66.2 Å². The van der Waals surface area contributed by atoms with Crippen molar-refractivity contribution < 1.29 is 162 Å². The SMILES string of the molecule is CC(C)(C)C(=O)O.CC(C)(C)C(N)=O.CC(C)(C)C(N)=S.CC(C)(C)c1ncc(C(=O)Nc2cc(C(F)(F)F)c(Cl)cn2)s1.CC(C)(C)c1ncc(C(=O)O)s1.CC(C)(N)C(=O)O.CC(C)(N)c1ncc(C(=O)Nc2cc(C(F)(F)F)c(Cl)cn2)s1.CCOC(=O)C(Cl)C=O.CCOC(=O)c1cnc(C(C)(C)C)s1.Nc1cc(C(F)(F)F)c(Cl)cn1.O=C(OCc1ccccc1)ON1C(=O)CCC1=O.S.[2H]CF.[Li+].[OH-]. The molecule has 0 radical (unpaired) electrons. The van der Waals surface area contributed by atoms with Crippen molar-refractivity contribution in [2.75, 3.05) is 36.7 Å². The number of thiocarbonyl (C=S) groups is 1. The zero-order valence-electron chi connectivity index (χ0n) is 84.2. The minimum atomic E-state index is -4.64. The number of hydroxylamine groups is 2. The number of carbonyl (C=O) groups is 12. The quantitative estimate of drug-likeness (QED) is 0.00524. The van der Waals surface area contributed by atoms with Crippen LogP contribution in [-0.4, -0.2) is 169 Å². The summed E-state index contributed by atoms with van der Waals surface area (Å²) in [5.74, 6) is -6.79. The molecule has 1 atom stereocenters. The number of imide groups is 1. The number of rotatable bonds is 15. The number of benzene rings is 1. The second-order valence-corrected chi connectivity index (χ2v) is 41.8. The van der Waals surface area contributed by atoms with E-state index in [1.807, 2.05) is 68.4 Å². The monoisotopic (exact) mass is 2240 g/mol. The van der Waals surface area contributed by atoms with Crippen LogP contribution in [-0.2, 0) is 99.5 Å². The van der Waals surface area contributed by atoms with Gasteiger partial charge in [0.1, 0.15) is 60.4 Å². The van der Waals surface area contributed by atoms with E-state index < -0.39 is 133 Å². The number of hydrogen-bond acceptors (Lipinski definition) is 32. The molecule has 0 spiro atoms. The molecule has 35 nitrogen and oxygen atoms in total. The zero-order chi connectivity index (χ0) is 112. The smallest absolute Gasteiger partial charge is 0.870 e. The van der Waals surface area contributed by atoms with Crippen LogP contribution in [0.25, 0.3) is 0 Å². The number of aromatic carboxylic acids is 1. The molecule has 8 heterocycles. The Morgan fingerprint density at radius 2 is 0.840 bits per heavy atom. The summed E-state index contributed by atoms with van der Waals surface area (Å²) in [7, 11) is -1.00. The van der Waals surface area contributed by atoms with E-state index in [2.05, 4.69) is 75.9 Å². The molecule has 144 heavy (non-hydrogen) atoms. The first-order chi connectivity index (χ1) is 64.3. The van der Waals surface area contributed by atoms with Gasteiger partial charge in [-0.15, -0.1) is 56.9 Å². The van der Waals surface area contributed by atoms with Crippen molar-refractivity contribution in [3.8, 4) is 0 Å². The molecule has 1 fully saturated rings. The van der Waals surface area contributed by atoms with Crippen LogP contribution in [0.15, 0.2) is 91.9 Å². The molecular weight excluding hydrogens is 2120 g/mol. The molecule has 16 N–H and O–H groups in total. The molecule has 1 aliphatic heterocycles. The predicted octanol–water partition coefficient (Wildman–Crippen LogP) is 17.6. The van der Waals surface area contributed by atoms with Crippen LogP contribution in [0.5, 0.6) is 0 Å². The summed E-state index contributed by atoms with van der Waals surface area (Å²) >= 11 is 30.9. The molecular formula is C88H120Cl4F10LiN15O20S6. The van der Waals surface area contributed by atoms with Crippen LogP contribution in [0.3, 0.4) is 0 Å². The van der Waals surface area contributed by atoms with Gasteiger partial charge in [-0.05, 0) is 86.1 Å². The topological polar surface area (TPSA) is 580 Å². The van der Waals surface area contributed by atoms with Gasteiger partial charge in [-0.25, -0.2) is 54.1 Å². The summed E-state index contributed by atoms with van der Waals surface area (Å²) in [5, 5.41) is 30.5. The number of ether oxygens (including phenoxy) is 3. The second-order valence-electron chi connectivity index (χ2n) is 35.5. The van der Waals surface area contributed by atoms with Gasteiger partial charge in [-0.3, -0.25) is 42.8 Å². The second kappa shape index (κ2) is 64.2. The van der Waals surface area contributed by atoms with Gasteiger partial charge in [0.05, 0.1) is 109 Å².